The van der Waals surface area contributed by atoms with Crippen LogP contribution >= 0.6 is 0 Å². The molecular weight excluding hydrogens is 228 g/mol. The third kappa shape index (κ3) is 1.97. The molecule has 0 saturated carbocycles. The second-order valence-electron chi connectivity index (χ2n) is 4.93. The summed E-state index contributed by atoms with van der Waals surface area (Å²) >= 11 is 0. The standard InChI is InChI=1S/C12H18N6/c1-17-7-5-9(8-17)10-2-3-11-14-15-12(4-6-13)18(11)16-10/h2-3,9H,4-8,13H2,1H3. The molecule has 0 aliphatic carbocycles. The highest BCUT2D eigenvalue weighted by Gasteiger charge is 2.23. The molecule has 6 nitrogen and oxygen atoms in total. The van der Waals surface area contributed by atoms with Gasteiger partial charge >= 0.3 is 0 Å². The predicted octanol–water partition coefficient (Wildman–Crippen LogP) is 0.0446. The van der Waals surface area contributed by atoms with Gasteiger partial charge in [0.2, 0.25) is 0 Å². The van der Waals surface area contributed by atoms with Crippen molar-refractivity contribution in [2.75, 3.05) is 26.7 Å². The Balaban J connectivity index is 1.96. The van der Waals surface area contributed by atoms with Crippen molar-refractivity contribution in [2.45, 2.75) is 18.8 Å². The maximum atomic E-state index is 5.57. The summed E-state index contributed by atoms with van der Waals surface area (Å²) in [4.78, 5) is 2.34. The third-order valence-electron chi connectivity index (χ3n) is 3.53. The van der Waals surface area contributed by atoms with Crippen LogP contribution in [-0.2, 0) is 6.42 Å². The lowest BCUT2D eigenvalue weighted by molar-refractivity contribution is 0.410. The summed E-state index contributed by atoms with van der Waals surface area (Å²) in [6.45, 7) is 2.79. The van der Waals surface area contributed by atoms with Crippen LogP contribution < -0.4 is 5.73 Å². The Bertz CT molecular complexity index is 548. The van der Waals surface area contributed by atoms with E-state index in [2.05, 4.69) is 33.3 Å². The Hall–Kier alpha value is -1.53. The molecule has 1 atom stereocenters. The highest BCUT2D eigenvalue weighted by atomic mass is 15.4. The molecule has 0 aromatic carbocycles. The normalized spacial score (nSPS) is 20.9. The minimum Gasteiger partial charge on any atom is -0.330 e. The lowest BCUT2D eigenvalue weighted by Crippen LogP contribution is -2.14. The first kappa shape index (κ1) is 11.6. The van der Waals surface area contributed by atoms with Crippen molar-refractivity contribution in [2.24, 2.45) is 5.73 Å². The summed E-state index contributed by atoms with van der Waals surface area (Å²) < 4.78 is 1.83. The van der Waals surface area contributed by atoms with Gasteiger partial charge < -0.3 is 10.6 Å². The number of hydrogen-bond acceptors (Lipinski definition) is 5. The molecule has 0 bridgehead atoms. The van der Waals surface area contributed by atoms with E-state index in [4.69, 9.17) is 5.73 Å². The maximum absolute atomic E-state index is 5.57. The van der Waals surface area contributed by atoms with E-state index in [1.807, 2.05) is 10.6 Å². The average Bonchev–Trinajstić information content (AvgIpc) is 2.96. The van der Waals surface area contributed by atoms with Gasteiger partial charge in [-0.3, -0.25) is 0 Å². The Morgan fingerprint density at radius 2 is 2.28 bits per heavy atom. The molecule has 18 heavy (non-hydrogen) atoms. The topological polar surface area (TPSA) is 72.3 Å². The molecule has 3 heterocycles. The fourth-order valence-electron chi connectivity index (χ4n) is 2.53. The summed E-state index contributed by atoms with van der Waals surface area (Å²) in [7, 11) is 2.15. The van der Waals surface area contributed by atoms with E-state index in [0.717, 1.165) is 30.3 Å². The molecule has 96 valence electrons. The summed E-state index contributed by atoms with van der Waals surface area (Å²) in [5, 5.41) is 12.9. The maximum Gasteiger partial charge on any atom is 0.177 e. The van der Waals surface area contributed by atoms with E-state index in [1.165, 1.54) is 6.42 Å². The number of fused-ring (bicyclic) bond motifs is 1. The number of hydrogen-bond donors (Lipinski definition) is 1. The summed E-state index contributed by atoms with van der Waals surface area (Å²) in [5.74, 6) is 1.37. The van der Waals surface area contributed by atoms with Crippen molar-refractivity contribution in [1.29, 1.82) is 0 Å². The zero-order valence-corrected chi connectivity index (χ0v) is 10.6. The van der Waals surface area contributed by atoms with Crippen molar-refractivity contribution < 1.29 is 0 Å². The van der Waals surface area contributed by atoms with E-state index in [1.54, 1.807) is 0 Å². The van der Waals surface area contributed by atoms with Crippen molar-refractivity contribution >= 4 is 5.65 Å². The Kier molecular flexibility index (Phi) is 2.97. The van der Waals surface area contributed by atoms with Gasteiger partial charge in [-0.1, -0.05) is 0 Å². The van der Waals surface area contributed by atoms with Gasteiger partial charge in [0.15, 0.2) is 11.5 Å². The molecule has 0 radical (unpaired) electrons. The number of likely N-dealkylation sites (tertiary alicyclic amines) is 1. The third-order valence-corrected chi connectivity index (χ3v) is 3.53. The minimum atomic E-state index is 0.521. The van der Waals surface area contributed by atoms with Crippen LogP contribution in [0.15, 0.2) is 12.1 Å². The molecule has 2 aromatic heterocycles. The van der Waals surface area contributed by atoms with E-state index < -0.39 is 0 Å². The Morgan fingerprint density at radius 1 is 1.39 bits per heavy atom. The summed E-state index contributed by atoms with van der Waals surface area (Å²) in [6.07, 6.45) is 1.88. The zero-order chi connectivity index (χ0) is 12.5. The second-order valence-corrected chi connectivity index (χ2v) is 4.93. The molecule has 0 spiro atoms. The highest BCUT2D eigenvalue weighted by molar-refractivity contribution is 5.37. The van der Waals surface area contributed by atoms with Gasteiger partial charge in [0.1, 0.15) is 0 Å². The molecule has 1 unspecified atom stereocenters. The van der Waals surface area contributed by atoms with Crippen molar-refractivity contribution in [3.8, 4) is 0 Å². The molecule has 2 aromatic rings. The lowest BCUT2D eigenvalue weighted by atomic mass is 10.1. The van der Waals surface area contributed by atoms with Crippen LogP contribution in [-0.4, -0.2) is 51.4 Å². The molecule has 3 rings (SSSR count). The first-order chi connectivity index (χ1) is 8.78. The van der Waals surface area contributed by atoms with Gasteiger partial charge in [-0.25, -0.2) is 0 Å². The number of likely N-dealkylation sites (N-methyl/N-ethyl adjacent to an activating group) is 1. The second kappa shape index (κ2) is 4.62. The zero-order valence-electron chi connectivity index (χ0n) is 10.6. The van der Waals surface area contributed by atoms with Crippen LogP contribution in [0.5, 0.6) is 0 Å². The number of aromatic nitrogens is 4. The van der Waals surface area contributed by atoms with Crippen LogP contribution in [0.4, 0.5) is 0 Å². The van der Waals surface area contributed by atoms with Crippen molar-refractivity contribution in [3.63, 3.8) is 0 Å². The van der Waals surface area contributed by atoms with Crippen molar-refractivity contribution in [1.82, 2.24) is 24.7 Å². The number of nitrogens with zero attached hydrogens (tertiary/aromatic N) is 5. The molecule has 0 amide bonds. The van der Waals surface area contributed by atoms with E-state index in [0.29, 0.717) is 18.9 Å². The van der Waals surface area contributed by atoms with Crippen LogP contribution in [0.25, 0.3) is 5.65 Å². The monoisotopic (exact) mass is 246 g/mol. The van der Waals surface area contributed by atoms with Crippen LogP contribution in [0, 0.1) is 0 Å². The fraction of sp³-hybridized carbons (Fsp3) is 0.583. The average molecular weight is 246 g/mol. The largest absolute Gasteiger partial charge is 0.330 e. The van der Waals surface area contributed by atoms with Crippen LogP contribution in [0.1, 0.15) is 23.9 Å². The SMILES string of the molecule is CN1CCC(c2ccc3nnc(CCN)n3n2)C1. The highest BCUT2D eigenvalue weighted by Crippen LogP contribution is 2.24. The Labute approximate surface area is 106 Å². The summed E-state index contributed by atoms with van der Waals surface area (Å²) in [6, 6.07) is 4.06. The molecule has 1 fully saturated rings. The van der Waals surface area contributed by atoms with Gasteiger partial charge in [-0.2, -0.15) is 9.61 Å². The molecular formula is C12H18N6. The van der Waals surface area contributed by atoms with Gasteiger partial charge in [0, 0.05) is 18.9 Å². The molecule has 1 saturated heterocycles. The van der Waals surface area contributed by atoms with E-state index >= 15 is 0 Å². The lowest BCUT2D eigenvalue weighted by Gasteiger charge is -2.10. The quantitative estimate of drug-likeness (QED) is 0.828. The fourth-order valence-corrected chi connectivity index (χ4v) is 2.53. The Morgan fingerprint density at radius 3 is 3.00 bits per heavy atom. The van der Waals surface area contributed by atoms with Crippen LogP contribution in [0.2, 0.25) is 0 Å². The van der Waals surface area contributed by atoms with Crippen molar-refractivity contribution in [3.05, 3.63) is 23.7 Å². The minimum absolute atomic E-state index is 0.521. The van der Waals surface area contributed by atoms with Crippen LogP contribution in [0.3, 0.4) is 0 Å². The van der Waals surface area contributed by atoms with Gasteiger partial charge in [0.25, 0.3) is 0 Å². The smallest absolute Gasteiger partial charge is 0.177 e. The molecule has 2 N–H and O–H groups in total. The number of nitrogens with two attached hydrogens (primary N) is 1. The van der Waals surface area contributed by atoms with Gasteiger partial charge in [-0.05, 0) is 38.7 Å². The van der Waals surface area contributed by atoms with E-state index in [-0.39, 0.29) is 0 Å². The van der Waals surface area contributed by atoms with E-state index in [9.17, 15) is 0 Å². The molecule has 6 heteroatoms. The summed E-state index contributed by atoms with van der Waals surface area (Å²) in [5.41, 5.74) is 7.50. The van der Waals surface area contributed by atoms with Gasteiger partial charge in [0.05, 0.1) is 5.69 Å². The predicted molar refractivity (Wildman–Crippen MR) is 68.4 cm³/mol. The molecule has 1 aliphatic heterocycles. The first-order valence-corrected chi connectivity index (χ1v) is 6.38. The molecule has 1 aliphatic rings. The van der Waals surface area contributed by atoms with Gasteiger partial charge in [-0.15, -0.1) is 10.2 Å². The number of rotatable bonds is 3. The first-order valence-electron chi connectivity index (χ1n) is 6.38.